The second-order valence-electron chi connectivity index (χ2n) is 5.50. The van der Waals surface area contributed by atoms with Gasteiger partial charge in [0.15, 0.2) is 0 Å². The zero-order chi connectivity index (χ0) is 17.4. The first-order valence-electron chi connectivity index (χ1n) is 8.47. The lowest BCUT2D eigenvalue weighted by atomic mass is 9.98. The summed E-state index contributed by atoms with van der Waals surface area (Å²) in [6.45, 7) is 4.83. The van der Waals surface area contributed by atoms with Crippen molar-refractivity contribution in [1.29, 1.82) is 0 Å². The Morgan fingerprint density at radius 1 is 0.708 bits per heavy atom. The Hall–Kier alpha value is -2.04. The number of ether oxygens (including phenoxy) is 2. The molecule has 24 heavy (non-hydrogen) atoms. The SMILES string of the molecule is CCc1cc(-c2ccc(OCCO)c(CC)c2)ccc1OCCO. The van der Waals surface area contributed by atoms with Crippen molar-refractivity contribution in [1.82, 2.24) is 0 Å². The first-order chi connectivity index (χ1) is 11.7. The van der Waals surface area contributed by atoms with Crippen molar-refractivity contribution in [3.8, 4) is 22.6 Å². The van der Waals surface area contributed by atoms with Crippen molar-refractivity contribution in [2.75, 3.05) is 26.4 Å². The van der Waals surface area contributed by atoms with Gasteiger partial charge < -0.3 is 19.7 Å². The molecule has 0 heterocycles. The quantitative estimate of drug-likeness (QED) is 0.741. The van der Waals surface area contributed by atoms with E-state index in [0.717, 1.165) is 46.6 Å². The molecule has 2 aromatic rings. The highest BCUT2D eigenvalue weighted by Crippen LogP contribution is 2.30. The number of hydrogen-bond acceptors (Lipinski definition) is 4. The van der Waals surface area contributed by atoms with Crippen LogP contribution in [0.2, 0.25) is 0 Å². The third kappa shape index (κ3) is 4.49. The van der Waals surface area contributed by atoms with Gasteiger partial charge in [-0.15, -0.1) is 0 Å². The Balaban J connectivity index is 2.30. The van der Waals surface area contributed by atoms with Crippen LogP contribution in [0, 0.1) is 0 Å². The lowest BCUT2D eigenvalue weighted by Crippen LogP contribution is -2.04. The summed E-state index contributed by atoms with van der Waals surface area (Å²) in [4.78, 5) is 0. The number of aliphatic hydroxyl groups is 2. The molecule has 0 aliphatic rings. The van der Waals surface area contributed by atoms with E-state index in [1.165, 1.54) is 0 Å². The Morgan fingerprint density at radius 3 is 1.46 bits per heavy atom. The van der Waals surface area contributed by atoms with Crippen LogP contribution in [0.15, 0.2) is 36.4 Å². The Morgan fingerprint density at radius 2 is 1.12 bits per heavy atom. The fourth-order valence-corrected chi connectivity index (χ4v) is 2.66. The molecule has 0 amide bonds. The predicted molar refractivity (Wildman–Crippen MR) is 95.8 cm³/mol. The molecule has 4 nitrogen and oxygen atoms in total. The monoisotopic (exact) mass is 330 g/mol. The maximum atomic E-state index is 8.92. The van der Waals surface area contributed by atoms with Gasteiger partial charge in [-0.1, -0.05) is 26.0 Å². The first kappa shape index (κ1) is 18.3. The standard InChI is InChI=1S/C20H26O4/c1-3-15-13-17(5-7-19(15)23-11-9-21)18-6-8-20(24-12-10-22)16(4-2)14-18/h5-8,13-14,21-22H,3-4,9-12H2,1-2H3. The maximum Gasteiger partial charge on any atom is 0.122 e. The molecule has 0 spiro atoms. The Labute approximate surface area is 143 Å². The fourth-order valence-electron chi connectivity index (χ4n) is 2.66. The minimum absolute atomic E-state index is 0.0140. The lowest BCUT2D eigenvalue weighted by Gasteiger charge is -2.14. The van der Waals surface area contributed by atoms with Gasteiger partial charge in [0.1, 0.15) is 24.7 Å². The van der Waals surface area contributed by atoms with E-state index in [2.05, 4.69) is 26.0 Å². The third-order valence-corrected chi connectivity index (χ3v) is 3.91. The van der Waals surface area contributed by atoms with Crippen LogP contribution in [0.4, 0.5) is 0 Å². The zero-order valence-corrected chi connectivity index (χ0v) is 14.4. The van der Waals surface area contributed by atoms with E-state index in [1.807, 2.05) is 24.3 Å². The molecule has 0 radical (unpaired) electrons. The molecule has 0 atom stereocenters. The molecular weight excluding hydrogens is 304 g/mol. The van der Waals surface area contributed by atoms with Crippen LogP contribution in [0.1, 0.15) is 25.0 Å². The van der Waals surface area contributed by atoms with Gasteiger partial charge in [0.2, 0.25) is 0 Å². The molecule has 2 rings (SSSR count). The number of aliphatic hydroxyl groups excluding tert-OH is 2. The molecule has 0 saturated heterocycles. The smallest absolute Gasteiger partial charge is 0.122 e. The van der Waals surface area contributed by atoms with Crippen molar-refractivity contribution in [3.63, 3.8) is 0 Å². The summed E-state index contributed by atoms with van der Waals surface area (Å²) in [6.07, 6.45) is 1.74. The lowest BCUT2D eigenvalue weighted by molar-refractivity contribution is 0.200. The van der Waals surface area contributed by atoms with Gasteiger partial charge in [-0.25, -0.2) is 0 Å². The molecule has 2 N–H and O–H groups in total. The summed E-state index contributed by atoms with van der Waals surface area (Å²) in [6, 6.07) is 12.3. The van der Waals surface area contributed by atoms with Crippen molar-refractivity contribution in [3.05, 3.63) is 47.5 Å². The van der Waals surface area contributed by atoms with Crippen molar-refractivity contribution < 1.29 is 19.7 Å². The first-order valence-corrected chi connectivity index (χ1v) is 8.47. The van der Waals surface area contributed by atoms with E-state index in [-0.39, 0.29) is 13.2 Å². The summed E-state index contributed by atoms with van der Waals surface area (Å²) < 4.78 is 11.2. The van der Waals surface area contributed by atoms with E-state index in [0.29, 0.717) is 13.2 Å². The van der Waals surface area contributed by atoms with Gasteiger partial charge in [-0.3, -0.25) is 0 Å². The van der Waals surface area contributed by atoms with Crippen LogP contribution >= 0.6 is 0 Å². The maximum absolute atomic E-state index is 8.92. The highest BCUT2D eigenvalue weighted by Gasteiger charge is 2.08. The molecule has 0 aliphatic heterocycles. The average Bonchev–Trinajstić information content (AvgIpc) is 2.64. The van der Waals surface area contributed by atoms with E-state index in [9.17, 15) is 0 Å². The normalized spacial score (nSPS) is 10.7. The molecule has 0 saturated carbocycles. The topological polar surface area (TPSA) is 58.9 Å². The molecule has 0 fully saturated rings. The van der Waals surface area contributed by atoms with Crippen LogP contribution in [0.5, 0.6) is 11.5 Å². The second kappa shape index (κ2) is 9.30. The van der Waals surface area contributed by atoms with Crippen LogP contribution in [-0.4, -0.2) is 36.6 Å². The number of benzene rings is 2. The highest BCUT2D eigenvalue weighted by molar-refractivity contribution is 5.67. The third-order valence-electron chi connectivity index (χ3n) is 3.91. The summed E-state index contributed by atoms with van der Waals surface area (Å²) in [7, 11) is 0. The van der Waals surface area contributed by atoms with E-state index >= 15 is 0 Å². The molecular formula is C20H26O4. The largest absolute Gasteiger partial charge is 0.491 e. The van der Waals surface area contributed by atoms with Crippen LogP contribution in [0.3, 0.4) is 0 Å². The van der Waals surface area contributed by atoms with Gasteiger partial charge in [0.05, 0.1) is 13.2 Å². The molecule has 0 bridgehead atoms. The number of rotatable bonds is 9. The Kier molecular flexibility index (Phi) is 7.09. The predicted octanol–water partition coefficient (Wildman–Crippen LogP) is 3.22. The van der Waals surface area contributed by atoms with Crippen LogP contribution in [-0.2, 0) is 12.8 Å². The van der Waals surface area contributed by atoms with E-state index < -0.39 is 0 Å². The van der Waals surface area contributed by atoms with E-state index in [1.54, 1.807) is 0 Å². The van der Waals surface area contributed by atoms with Gasteiger partial charge in [0, 0.05) is 0 Å². The Bertz CT molecular complexity index is 595. The van der Waals surface area contributed by atoms with Crippen molar-refractivity contribution in [2.45, 2.75) is 26.7 Å². The number of hydrogen-bond donors (Lipinski definition) is 2. The fraction of sp³-hybridized carbons (Fsp3) is 0.400. The van der Waals surface area contributed by atoms with Crippen LogP contribution in [0.25, 0.3) is 11.1 Å². The number of aryl methyl sites for hydroxylation is 2. The van der Waals surface area contributed by atoms with Gasteiger partial charge >= 0.3 is 0 Å². The minimum atomic E-state index is 0.0140. The highest BCUT2D eigenvalue weighted by atomic mass is 16.5. The van der Waals surface area contributed by atoms with Gasteiger partial charge in [0.25, 0.3) is 0 Å². The molecule has 4 heteroatoms. The molecule has 130 valence electrons. The summed E-state index contributed by atoms with van der Waals surface area (Å²) in [5.41, 5.74) is 4.51. The molecule has 0 aromatic heterocycles. The van der Waals surface area contributed by atoms with Crippen molar-refractivity contribution >= 4 is 0 Å². The summed E-state index contributed by atoms with van der Waals surface area (Å²) >= 11 is 0. The average molecular weight is 330 g/mol. The van der Waals surface area contributed by atoms with Crippen molar-refractivity contribution in [2.24, 2.45) is 0 Å². The van der Waals surface area contributed by atoms with E-state index in [4.69, 9.17) is 19.7 Å². The summed E-state index contributed by atoms with van der Waals surface area (Å²) in [5, 5.41) is 17.8. The minimum Gasteiger partial charge on any atom is -0.491 e. The summed E-state index contributed by atoms with van der Waals surface area (Å²) in [5.74, 6) is 1.66. The molecule has 0 aliphatic carbocycles. The second-order valence-corrected chi connectivity index (χ2v) is 5.50. The van der Waals surface area contributed by atoms with Crippen LogP contribution < -0.4 is 9.47 Å². The molecule has 2 aromatic carbocycles. The molecule has 0 unspecified atom stereocenters. The van der Waals surface area contributed by atoms with Gasteiger partial charge in [-0.05, 0) is 59.4 Å². The van der Waals surface area contributed by atoms with Gasteiger partial charge in [-0.2, -0.15) is 0 Å². The zero-order valence-electron chi connectivity index (χ0n) is 14.4.